The lowest BCUT2D eigenvalue weighted by Crippen LogP contribution is -2.12. The van der Waals surface area contributed by atoms with E-state index in [1.807, 2.05) is 6.07 Å². The lowest BCUT2D eigenvalue weighted by Gasteiger charge is -2.22. The number of benzene rings is 1. The van der Waals surface area contributed by atoms with E-state index < -0.39 is 5.92 Å². The van der Waals surface area contributed by atoms with Gasteiger partial charge in [-0.25, -0.2) is 8.78 Å². The van der Waals surface area contributed by atoms with E-state index in [0.717, 1.165) is 13.3 Å². The number of hydrogen-bond acceptors (Lipinski definition) is 3. The molecule has 27 heavy (non-hydrogen) atoms. The first-order valence-electron chi connectivity index (χ1n) is 9.50. The van der Waals surface area contributed by atoms with Crippen LogP contribution in [0.4, 0.5) is 8.78 Å². The molecule has 0 saturated heterocycles. The number of rotatable bonds is 8. The van der Waals surface area contributed by atoms with Crippen LogP contribution in [-0.4, -0.2) is 13.7 Å². The summed E-state index contributed by atoms with van der Waals surface area (Å²) in [5.74, 6) is -1.95. The third-order valence-electron chi connectivity index (χ3n) is 5.08. The summed E-state index contributed by atoms with van der Waals surface area (Å²) in [6, 6.07) is 6.50. The molecule has 1 aliphatic carbocycles. The van der Waals surface area contributed by atoms with Gasteiger partial charge in [0.05, 0.1) is 6.61 Å². The second-order valence-corrected chi connectivity index (χ2v) is 7.13. The molecule has 5 heteroatoms. The molecular formula is C22H28F2N2O. The molecule has 0 unspecified atom stereocenters. The third-order valence-corrected chi connectivity index (χ3v) is 5.08. The lowest BCUT2D eigenvalue weighted by molar-refractivity contribution is 0.0171. The fraction of sp³-hybridized carbons (Fsp3) is 0.500. The van der Waals surface area contributed by atoms with E-state index in [0.29, 0.717) is 29.4 Å². The highest BCUT2D eigenvalue weighted by Crippen LogP contribution is 2.34. The molecule has 0 spiro atoms. The van der Waals surface area contributed by atoms with Crippen molar-refractivity contribution in [2.45, 2.75) is 51.4 Å². The van der Waals surface area contributed by atoms with Gasteiger partial charge in [-0.1, -0.05) is 44.8 Å². The van der Waals surface area contributed by atoms with Crippen LogP contribution in [0.15, 0.2) is 36.6 Å². The van der Waals surface area contributed by atoms with Crippen LogP contribution in [0.2, 0.25) is 0 Å². The summed E-state index contributed by atoms with van der Waals surface area (Å²) >= 11 is 0. The Kier molecular flexibility index (Phi) is 7.41. The molecule has 1 saturated carbocycles. The predicted molar refractivity (Wildman–Crippen MR) is 104 cm³/mol. The van der Waals surface area contributed by atoms with Gasteiger partial charge in [0.1, 0.15) is 17.5 Å². The zero-order valence-corrected chi connectivity index (χ0v) is 16.2. The van der Waals surface area contributed by atoms with Crippen LogP contribution in [-0.2, 0) is 5.92 Å². The summed E-state index contributed by atoms with van der Waals surface area (Å²) in [6.07, 6.45) is 8.71. The van der Waals surface area contributed by atoms with Crippen molar-refractivity contribution in [1.29, 1.82) is 5.26 Å². The van der Waals surface area contributed by atoms with E-state index in [4.69, 9.17) is 4.74 Å². The van der Waals surface area contributed by atoms with E-state index in [1.165, 1.54) is 50.3 Å². The minimum Gasteiger partial charge on any atom is -0.494 e. The van der Waals surface area contributed by atoms with Gasteiger partial charge in [0, 0.05) is 25.1 Å². The third kappa shape index (κ3) is 5.82. The number of nitrogens with zero attached hydrogens (tertiary/aromatic N) is 1. The van der Waals surface area contributed by atoms with E-state index >= 15 is 0 Å². The summed E-state index contributed by atoms with van der Waals surface area (Å²) in [4.78, 5) is 0. The van der Waals surface area contributed by atoms with Crippen LogP contribution in [0.1, 0.15) is 56.6 Å². The van der Waals surface area contributed by atoms with Gasteiger partial charge in [-0.05, 0) is 36.1 Å². The Morgan fingerprint density at radius 3 is 2.59 bits per heavy atom. The summed E-state index contributed by atoms with van der Waals surface area (Å²) in [6.45, 7) is 5.09. The predicted octanol–water partition coefficient (Wildman–Crippen LogP) is 5.79. The number of nitrogens with one attached hydrogen (secondary N) is 1. The number of ether oxygens (including phenoxy) is 1. The average molecular weight is 374 g/mol. The van der Waals surface area contributed by atoms with Crippen LogP contribution < -0.4 is 10.1 Å². The lowest BCUT2D eigenvalue weighted by atomic mass is 9.87. The molecule has 2 rings (SSSR count). The highest BCUT2D eigenvalue weighted by molar-refractivity contribution is 5.79. The number of nitriles is 1. The highest BCUT2D eigenvalue weighted by atomic mass is 19.3. The molecule has 1 aromatic rings. The largest absolute Gasteiger partial charge is 0.494 e. The molecule has 0 radical (unpaired) electrons. The highest BCUT2D eigenvalue weighted by Gasteiger charge is 2.26. The summed E-state index contributed by atoms with van der Waals surface area (Å²) < 4.78 is 33.8. The normalized spacial score (nSPS) is 16.3. The second-order valence-electron chi connectivity index (χ2n) is 7.13. The molecule has 3 nitrogen and oxygen atoms in total. The molecule has 0 amide bonds. The van der Waals surface area contributed by atoms with E-state index in [1.54, 1.807) is 13.1 Å². The van der Waals surface area contributed by atoms with Crippen LogP contribution >= 0.6 is 0 Å². The van der Waals surface area contributed by atoms with Gasteiger partial charge in [0.25, 0.3) is 5.92 Å². The Balaban J connectivity index is 2.27. The maximum absolute atomic E-state index is 14.0. The first kappa shape index (κ1) is 21.0. The Morgan fingerprint density at radius 2 is 2.04 bits per heavy atom. The van der Waals surface area contributed by atoms with Crippen molar-refractivity contribution < 1.29 is 13.5 Å². The SMILES string of the molecule is C=C/C(=C(/C#N)NC)c1cc(OCCC2CCCCC2)cc(C(C)(F)F)c1. The summed E-state index contributed by atoms with van der Waals surface area (Å²) in [5.41, 5.74) is 1.10. The van der Waals surface area contributed by atoms with Gasteiger partial charge in [0.15, 0.2) is 0 Å². The quantitative estimate of drug-likeness (QED) is 0.463. The topological polar surface area (TPSA) is 45.0 Å². The van der Waals surface area contributed by atoms with Crippen molar-refractivity contribution in [3.63, 3.8) is 0 Å². The van der Waals surface area contributed by atoms with E-state index in [9.17, 15) is 14.0 Å². The minimum atomic E-state index is -3.00. The fourth-order valence-corrected chi connectivity index (χ4v) is 3.53. The van der Waals surface area contributed by atoms with Crippen LogP contribution in [0.25, 0.3) is 5.57 Å². The number of hydrogen-bond donors (Lipinski definition) is 1. The van der Waals surface area contributed by atoms with Crippen molar-refractivity contribution in [2.75, 3.05) is 13.7 Å². The number of alkyl halides is 2. The van der Waals surface area contributed by atoms with Gasteiger partial charge >= 0.3 is 0 Å². The van der Waals surface area contributed by atoms with Crippen LogP contribution in [0, 0.1) is 17.2 Å². The summed E-state index contributed by atoms with van der Waals surface area (Å²) in [7, 11) is 1.61. The molecule has 0 bridgehead atoms. The Labute approximate surface area is 160 Å². The molecule has 1 N–H and O–H groups in total. The van der Waals surface area contributed by atoms with Gasteiger partial charge in [-0.2, -0.15) is 5.26 Å². The van der Waals surface area contributed by atoms with Crippen LogP contribution in [0.3, 0.4) is 0 Å². The van der Waals surface area contributed by atoms with E-state index in [2.05, 4.69) is 11.9 Å². The monoisotopic (exact) mass is 374 g/mol. The summed E-state index contributed by atoms with van der Waals surface area (Å²) in [5, 5.41) is 12.1. The number of allylic oxidation sites excluding steroid dienone is 3. The molecule has 0 atom stereocenters. The number of halogens is 2. The van der Waals surface area contributed by atoms with Gasteiger partial charge in [0.2, 0.25) is 0 Å². The Bertz CT molecular complexity index is 723. The maximum Gasteiger partial charge on any atom is 0.270 e. The van der Waals surface area contributed by atoms with Crippen molar-refractivity contribution in [1.82, 2.24) is 5.32 Å². The second kappa shape index (κ2) is 9.55. The first-order valence-corrected chi connectivity index (χ1v) is 9.50. The molecule has 1 aliphatic rings. The van der Waals surface area contributed by atoms with Gasteiger partial charge in [-0.3, -0.25) is 0 Å². The molecule has 1 fully saturated rings. The van der Waals surface area contributed by atoms with Gasteiger partial charge < -0.3 is 10.1 Å². The van der Waals surface area contributed by atoms with Crippen molar-refractivity contribution in [3.05, 3.63) is 47.7 Å². The molecule has 1 aromatic carbocycles. The molecule has 0 aromatic heterocycles. The average Bonchev–Trinajstić information content (AvgIpc) is 2.66. The smallest absolute Gasteiger partial charge is 0.270 e. The Hall–Kier alpha value is -2.35. The van der Waals surface area contributed by atoms with E-state index in [-0.39, 0.29) is 11.3 Å². The minimum absolute atomic E-state index is 0.139. The van der Waals surface area contributed by atoms with Crippen molar-refractivity contribution >= 4 is 5.57 Å². The molecule has 146 valence electrons. The first-order chi connectivity index (χ1) is 12.9. The molecular weight excluding hydrogens is 346 g/mol. The van der Waals surface area contributed by atoms with Gasteiger partial charge in [-0.15, -0.1) is 0 Å². The zero-order valence-electron chi connectivity index (χ0n) is 16.2. The van der Waals surface area contributed by atoms with Crippen LogP contribution in [0.5, 0.6) is 5.75 Å². The van der Waals surface area contributed by atoms with Crippen molar-refractivity contribution in [2.24, 2.45) is 5.92 Å². The fourth-order valence-electron chi connectivity index (χ4n) is 3.53. The molecule has 0 heterocycles. The maximum atomic E-state index is 14.0. The molecule has 0 aliphatic heterocycles. The zero-order chi connectivity index (χ0) is 19.9. The van der Waals surface area contributed by atoms with Crippen molar-refractivity contribution in [3.8, 4) is 11.8 Å². The standard InChI is InChI=1S/C22H28F2N2O/c1-4-20(21(15-25)26-3)17-12-18(22(2,23)24)14-19(13-17)27-11-10-16-8-6-5-7-9-16/h4,12-14,16,26H,1,5-11H2,2-3H3/b21-20+. The Morgan fingerprint density at radius 1 is 1.33 bits per heavy atom.